The lowest BCUT2D eigenvalue weighted by Gasteiger charge is -2.58. The van der Waals surface area contributed by atoms with Crippen LogP contribution in [0.2, 0.25) is 0 Å². The monoisotopic (exact) mass is 819 g/mol. The summed E-state index contributed by atoms with van der Waals surface area (Å²) in [5.74, 6) is 0.179. The van der Waals surface area contributed by atoms with Gasteiger partial charge in [0.15, 0.2) is 0 Å². The average Bonchev–Trinajstić information content (AvgIpc) is 3.25. The van der Waals surface area contributed by atoms with E-state index in [1.54, 1.807) is 30.0 Å². The number of rotatable bonds is 20. The third-order valence-electron chi connectivity index (χ3n) is 11.5. The predicted molar refractivity (Wildman–Crippen MR) is 228 cm³/mol. The second-order valence-corrected chi connectivity index (χ2v) is 16.7. The zero-order chi connectivity index (χ0) is 41.2. The average molecular weight is 820 g/mol. The first-order valence-electron chi connectivity index (χ1n) is 20.5. The predicted octanol–water partition coefficient (Wildman–Crippen LogP) is 9.50. The van der Waals surface area contributed by atoms with Gasteiger partial charge in [-0.25, -0.2) is 0 Å². The summed E-state index contributed by atoms with van der Waals surface area (Å²) in [5.41, 5.74) is 5.40. The summed E-state index contributed by atoms with van der Waals surface area (Å²) < 4.78 is 20.8. The number of nitro benzene ring substituents is 1. The van der Waals surface area contributed by atoms with Gasteiger partial charge in [0.05, 0.1) is 34.1 Å². The molecule has 0 radical (unpaired) electrons. The molecule has 3 aliphatic rings. The summed E-state index contributed by atoms with van der Waals surface area (Å²) in [4.78, 5) is 22.7. The largest absolute Gasteiger partial charge is 0.487 e. The topological polar surface area (TPSA) is 146 Å². The maximum absolute atomic E-state index is 11.3. The number of nitro groups is 1. The van der Waals surface area contributed by atoms with Gasteiger partial charge in [0.1, 0.15) is 24.7 Å². The third-order valence-corrected chi connectivity index (χ3v) is 12.9. The number of thioether (sulfide) groups is 1. The van der Waals surface area contributed by atoms with Gasteiger partial charge in [-0.1, -0.05) is 54.4 Å². The number of oxime groups is 1. The van der Waals surface area contributed by atoms with Crippen molar-refractivity contribution in [3.05, 3.63) is 148 Å². The van der Waals surface area contributed by atoms with Crippen LogP contribution in [0, 0.1) is 34.8 Å². The van der Waals surface area contributed by atoms with Crippen LogP contribution in [0.5, 0.6) is 11.5 Å². The molecule has 11 nitrogen and oxygen atoms in total. The molecule has 2 heterocycles. The number of hydrogen-bond donors (Lipinski definition) is 2. The molecular weight excluding hydrogens is 767 g/mol. The molecule has 0 saturated heterocycles. The Hall–Kier alpha value is -5.01. The van der Waals surface area contributed by atoms with E-state index >= 15 is 0 Å². The molecule has 1 fully saturated rings. The van der Waals surface area contributed by atoms with Gasteiger partial charge in [0.2, 0.25) is 5.79 Å². The molecule has 6 unspecified atom stereocenters. The van der Waals surface area contributed by atoms with Crippen molar-refractivity contribution in [2.75, 3.05) is 19.8 Å². The summed E-state index contributed by atoms with van der Waals surface area (Å²) in [6.45, 7) is 6.96. The van der Waals surface area contributed by atoms with Crippen LogP contribution in [-0.4, -0.2) is 56.7 Å². The highest BCUT2D eigenvalue weighted by Gasteiger charge is 2.64. The fraction of sp³-hybridized carbons (Fsp3) is 0.404. The van der Waals surface area contributed by atoms with Gasteiger partial charge in [0.25, 0.3) is 5.69 Å². The highest BCUT2D eigenvalue weighted by Crippen LogP contribution is 2.63. The molecule has 0 spiro atoms. The zero-order valence-corrected chi connectivity index (χ0v) is 34.3. The van der Waals surface area contributed by atoms with Crippen LogP contribution in [0.15, 0.2) is 125 Å². The molecule has 3 aromatic carbocycles. The number of aliphatic hydroxyl groups is 2. The van der Waals surface area contributed by atoms with E-state index in [1.165, 1.54) is 12.1 Å². The van der Waals surface area contributed by atoms with Crippen LogP contribution < -0.4 is 9.47 Å². The van der Waals surface area contributed by atoms with Gasteiger partial charge >= 0.3 is 0 Å². The molecular formula is C47H53N3O8S. The maximum Gasteiger partial charge on any atom is 0.269 e. The van der Waals surface area contributed by atoms with Crippen molar-refractivity contribution in [3.63, 3.8) is 0 Å². The first kappa shape index (κ1) is 42.1. The molecule has 12 heteroatoms. The fourth-order valence-corrected chi connectivity index (χ4v) is 10.2. The Kier molecular flexibility index (Phi) is 14.2. The number of nitrogens with zero attached hydrogens (tertiary/aromatic N) is 3. The van der Waals surface area contributed by atoms with Crippen molar-refractivity contribution in [2.45, 2.75) is 86.9 Å². The van der Waals surface area contributed by atoms with Crippen molar-refractivity contribution in [2.24, 2.45) is 22.9 Å². The molecule has 59 heavy (non-hydrogen) atoms. The van der Waals surface area contributed by atoms with Gasteiger partial charge in [-0.15, -0.1) is 18.3 Å². The van der Waals surface area contributed by atoms with Crippen molar-refractivity contribution in [3.8, 4) is 11.5 Å². The number of allylic oxidation sites excluding steroid dienone is 1. The third kappa shape index (κ3) is 9.73. The summed E-state index contributed by atoms with van der Waals surface area (Å²) in [6, 6.07) is 28.5. The Morgan fingerprint density at radius 2 is 1.76 bits per heavy atom. The summed E-state index contributed by atoms with van der Waals surface area (Å²) in [5, 5.41) is 35.7. The minimum Gasteiger partial charge on any atom is -0.487 e. The van der Waals surface area contributed by atoms with Crippen molar-refractivity contribution < 1.29 is 34.2 Å². The van der Waals surface area contributed by atoms with Gasteiger partial charge < -0.3 is 29.3 Å². The smallest absolute Gasteiger partial charge is 0.269 e. The van der Waals surface area contributed by atoms with E-state index in [4.69, 9.17) is 24.2 Å². The minimum absolute atomic E-state index is 0.0149. The number of non-ortho nitro benzene ring substituents is 1. The molecule has 1 aromatic heterocycles. The lowest BCUT2D eigenvalue weighted by atomic mass is 9.56. The molecule has 310 valence electrons. The van der Waals surface area contributed by atoms with E-state index in [0.717, 1.165) is 70.1 Å². The first-order chi connectivity index (χ1) is 28.8. The summed E-state index contributed by atoms with van der Waals surface area (Å²) in [6.07, 6.45) is 9.42. The number of fused-ring (bicyclic) bond motifs is 2. The highest BCUT2D eigenvalue weighted by atomic mass is 32.2. The van der Waals surface area contributed by atoms with Gasteiger partial charge in [-0.05, 0) is 110 Å². The van der Waals surface area contributed by atoms with Crippen LogP contribution in [-0.2, 0) is 22.8 Å². The second kappa shape index (κ2) is 19.8. The molecule has 4 aromatic rings. The summed E-state index contributed by atoms with van der Waals surface area (Å²) >= 11 is 1.70. The zero-order valence-electron chi connectivity index (χ0n) is 33.5. The lowest BCUT2D eigenvalue weighted by Crippen LogP contribution is -2.64. The van der Waals surface area contributed by atoms with E-state index in [1.807, 2.05) is 55.5 Å². The van der Waals surface area contributed by atoms with Crippen LogP contribution in [0.1, 0.15) is 73.4 Å². The Morgan fingerprint density at radius 1 is 0.983 bits per heavy atom. The van der Waals surface area contributed by atoms with Crippen molar-refractivity contribution in [1.29, 1.82) is 0 Å². The van der Waals surface area contributed by atoms with Gasteiger partial charge in [-0.2, -0.15) is 0 Å². The molecule has 0 amide bonds. The number of aliphatic hydroxyl groups excluding tert-OH is 2. The van der Waals surface area contributed by atoms with Crippen LogP contribution >= 0.6 is 11.8 Å². The molecule has 0 bridgehead atoms. The molecule has 2 N–H and O–H groups in total. The van der Waals surface area contributed by atoms with Crippen molar-refractivity contribution in [1.82, 2.24) is 4.98 Å². The normalized spacial score (nSPS) is 23.7. The molecule has 7 rings (SSSR count). The van der Waals surface area contributed by atoms with Gasteiger partial charge in [0, 0.05) is 53.8 Å². The molecule has 1 saturated carbocycles. The standard InChI is InChI=1S/C47H53N3O8S/c1-3-26-56-47-44(59-38-15-5-4-6-16-38)29-42(49-57-30-33-18-20-36(21-19-33)50(53)54)40-27-34(13-7-9-24-51)39(17-8-10-25-52)45(46(40)47)41-28-37(22-23-43(41)58-47)55-31-35-14-11-12-32(2)48-35/h3-6,11-12,14-16,18-23,27-28,34,39,44-46,51-52H,1,7-10,13,17,24-26,29-31H2,2H3. The molecule has 2 aliphatic carbocycles. The van der Waals surface area contributed by atoms with E-state index in [0.29, 0.717) is 31.6 Å². The Labute approximate surface area is 350 Å². The second-order valence-electron chi connectivity index (χ2n) is 15.4. The Bertz CT molecular complexity index is 2110. The fourth-order valence-electron chi connectivity index (χ4n) is 8.91. The minimum atomic E-state index is -1.13. The Balaban J connectivity index is 1.36. The van der Waals surface area contributed by atoms with E-state index in [9.17, 15) is 20.3 Å². The van der Waals surface area contributed by atoms with Crippen LogP contribution in [0.4, 0.5) is 5.69 Å². The quantitative estimate of drug-likeness (QED) is 0.0383. The first-order valence-corrected chi connectivity index (χ1v) is 21.4. The lowest BCUT2D eigenvalue weighted by molar-refractivity contribution is -0.384. The maximum atomic E-state index is 11.3. The summed E-state index contributed by atoms with van der Waals surface area (Å²) in [7, 11) is 0. The Morgan fingerprint density at radius 3 is 2.49 bits per heavy atom. The number of pyridine rings is 1. The SMILES string of the molecule is C=CCOC12Oc3ccc(OCc4cccc(C)n4)cc3C3C(CCCCO)C(CCCCO)C=C(C(=NOCc4ccc([N+](=O)[O-])cc4)CC1Sc1ccccc1)C32. The number of aromatic nitrogens is 1. The molecule has 6 atom stereocenters. The number of unbranched alkanes of at least 4 members (excludes halogenated alkanes) is 2. The number of benzene rings is 3. The van der Waals surface area contributed by atoms with Gasteiger partial charge in [-0.3, -0.25) is 15.1 Å². The van der Waals surface area contributed by atoms with Crippen LogP contribution in [0.25, 0.3) is 0 Å². The molecule has 1 aliphatic heterocycles. The van der Waals surface area contributed by atoms with E-state index < -0.39 is 10.7 Å². The number of ether oxygens (including phenoxy) is 3. The van der Waals surface area contributed by atoms with E-state index in [-0.39, 0.29) is 61.0 Å². The van der Waals surface area contributed by atoms with Crippen LogP contribution in [0.3, 0.4) is 0 Å². The highest BCUT2D eigenvalue weighted by molar-refractivity contribution is 8.00. The van der Waals surface area contributed by atoms with E-state index in [2.05, 4.69) is 35.8 Å². The van der Waals surface area contributed by atoms with Crippen molar-refractivity contribution >= 4 is 23.2 Å². The number of aryl methyl sites for hydroxylation is 1. The number of hydrogen-bond acceptors (Lipinski definition) is 11.